The van der Waals surface area contributed by atoms with Gasteiger partial charge in [0.1, 0.15) is 0 Å². The SMILES string of the molecule is Cc1ccsc1CNC(=O)NC1CCC1. The first-order valence-electron chi connectivity index (χ1n) is 5.33. The van der Waals surface area contributed by atoms with Crippen LogP contribution >= 0.6 is 11.3 Å². The molecule has 15 heavy (non-hydrogen) atoms. The molecule has 4 heteroatoms. The third-order valence-corrected chi connectivity index (χ3v) is 3.84. The van der Waals surface area contributed by atoms with Gasteiger partial charge in [0.15, 0.2) is 0 Å². The number of amides is 2. The average molecular weight is 224 g/mol. The van der Waals surface area contributed by atoms with E-state index in [9.17, 15) is 4.79 Å². The van der Waals surface area contributed by atoms with Gasteiger partial charge in [0.25, 0.3) is 0 Å². The van der Waals surface area contributed by atoms with Crippen LogP contribution in [0.4, 0.5) is 4.79 Å². The van der Waals surface area contributed by atoms with Gasteiger partial charge in [-0.15, -0.1) is 11.3 Å². The molecule has 1 saturated carbocycles. The molecule has 0 radical (unpaired) electrons. The average Bonchev–Trinajstić information content (AvgIpc) is 2.55. The second-order valence-electron chi connectivity index (χ2n) is 3.98. The van der Waals surface area contributed by atoms with Crippen LogP contribution in [0, 0.1) is 6.92 Å². The normalized spacial score (nSPS) is 15.8. The highest BCUT2D eigenvalue weighted by Gasteiger charge is 2.18. The Balaban J connectivity index is 1.73. The number of rotatable bonds is 3. The first-order valence-corrected chi connectivity index (χ1v) is 6.21. The molecule has 1 heterocycles. The van der Waals surface area contributed by atoms with E-state index in [2.05, 4.69) is 29.0 Å². The van der Waals surface area contributed by atoms with Gasteiger partial charge in [-0.25, -0.2) is 4.79 Å². The van der Waals surface area contributed by atoms with Crippen molar-refractivity contribution in [2.75, 3.05) is 0 Å². The largest absolute Gasteiger partial charge is 0.335 e. The molecule has 2 rings (SSSR count). The van der Waals surface area contributed by atoms with Crippen LogP contribution in [0.15, 0.2) is 11.4 Å². The molecule has 0 spiro atoms. The number of carbonyl (C=O) groups excluding carboxylic acids is 1. The van der Waals surface area contributed by atoms with Gasteiger partial charge in [-0.05, 0) is 43.2 Å². The van der Waals surface area contributed by atoms with Crippen LogP contribution in [0.3, 0.4) is 0 Å². The molecule has 1 aliphatic rings. The van der Waals surface area contributed by atoms with Gasteiger partial charge in [-0.2, -0.15) is 0 Å². The molecule has 0 bridgehead atoms. The third kappa shape index (κ3) is 2.72. The Kier molecular flexibility index (Phi) is 3.26. The number of hydrogen-bond donors (Lipinski definition) is 2. The van der Waals surface area contributed by atoms with E-state index in [-0.39, 0.29) is 6.03 Å². The number of urea groups is 1. The molecular weight excluding hydrogens is 208 g/mol. The van der Waals surface area contributed by atoms with Crippen molar-refractivity contribution >= 4 is 17.4 Å². The van der Waals surface area contributed by atoms with Crippen molar-refractivity contribution in [3.63, 3.8) is 0 Å². The van der Waals surface area contributed by atoms with E-state index in [1.807, 2.05) is 0 Å². The van der Waals surface area contributed by atoms with Gasteiger partial charge in [-0.1, -0.05) is 0 Å². The molecule has 0 unspecified atom stereocenters. The van der Waals surface area contributed by atoms with Crippen molar-refractivity contribution in [2.45, 2.75) is 38.8 Å². The zero-order valence-electron chi connectivity index (χ0n) is 8.88. The Bertz CT molecular complexity index is 344. The summed E-state index contributed by atoms with van der Waals surface area (Å²) in [5.41, 5.74) is 1.25. The molecule has 0 aromatic carbocycles. The lowest BCUT2D eigenvalue weighted by molar-refractivity contribution is 0.228. The Hall–Kier alpha value is -1.03. The summed E-state index contributed by atoms with van der Waals surface area (Å²) >= 11 is 1.69. The molecule has 0 saturated heterocycles. The summed E-state index contributed by atoms with van der Waals surface area (Å²) in [6, 6.07) is 2.45. The maximum absolute atomic E-state index is 11.4. The number of thiophene rings is 1. The molecule has 3 nitrogen and oxygen atoms in total. The fourth-order valence-electron chi connectivity index (χ4n) is 1.53. The van der Waals surface area contributed by atoms with Gasteiger partial charge in [-0.3, -0.25) is 0 Å². The number of carbonyl (C=O) groups is 1. The number of nitrogens with one attached hydrogen (secondary N) is 2. The molecule has 0 aliphatic heterocycles. The van der Waals surface area contributed by atoms with Crippen molar-refractivity contribution in [2.24, 2.45) is 0 Å². The lowest BCUT2D eigenvalue weighted by Crippen LogP contribution is -2.44. The second kappa shape index (κ2) is 4.66. The van der Waals surface area contributed by atoms with Gasteiger partial charge in [0.05, 0.1) is 6.54 Å². The van der Waals surface area contributed by atoms with Crippen LogP contribution in [0.5, 0.6) is 0 Å². The summed E-state index contributed by atoms with van der Waals surface area (Å²) in [5.74, 6) is 0. The smallest absolute Gasteiger partial charge is 0.315 e. The molecule has 1 aliphatic carbocycles. The highest BCUT2D eigenvalue weighted by atomic mass is 32.1. The van der Waals surface area contributed by atoms with E-state index in [0.717, 1.165) is 12.8 Å². The van der Waals surface area contributed by atoms with Crippen molar-refractivity contribution < 1.29 is 4.79 Å². The van der Waals surface area contributed by atoms with Crippen molar-refractivity contribution in [3.8, 4) is 0 Å². The minimum atomic E-state index is -0.0347. The molecule has 1 fully saturated rings. The Morgan fingerprint density at radius 3 is 2.93 bits per heavy atom. The first-order chi connectivity index (χ1) is 7.25. The maximum Gasteiger partial charge on any atom is 0.315 e. The summed E-state index contributed by atoms with van der Waals surface area (Å²) in [6.07, 6.45) is 3.51. The predicted molar refractivity (Wildman–Crippen MR) is 62.1 cm³/mol. The number of aryl methyl sites for hydroxylation is 1. The van der Waals surface area contributed by atoms with Gasteiger partial charge in [0, 0.05) is 10.9 Å². The van der Waals surface area contributed by atoms with Gasteiger partial charge >= 0.3 is 6.03 Å². The third-order valence-electron chi connectivity index (χ3n) is 2.82. The Morgan fingerprint density at radius 1 is 1.60 bits per heavy atom. The Labute approximate surface area is 93.9 Å². The van der Waals surface area contributed by atoms with Gasteiger partial charge < -0.3 is 10.6 Å². The highest BCUT2D eigenvalue weighted by Crippen LogP contribution is 2.18. The zero-order chi connectivity index (χ0) is 10.7. The molecule has 2 N–H and O–H groups in total. The monoisotopic (exact) mass is 224 g/mol. The van der Waals surface area contributed by atoms with Crippen molar-refractivity contribution in [1.29, 1.82) is 0 Å². The molecule has 1 aromatic heterocycles. The van der Waals surface area contributed by atoms with Crippen LogP contribution in [0.25, 0.3) is 0 Å². The van der Waals surface area contributed by atoms with Crippen LogP contribution in [-0.4, -0.2) is 12.1 Å². The van der Waals surface area contributed by atoms with Crippen LogP contribution in [0.2, 0.25) is 0 Å². The van der Waals surface area contributed by atoms with E-state index >= 15 is 0 Å². The van der Waals surface area contributed by atoms with E-state index in [1.165, 1.54) is 16.9 Å². The quantitative estimate of drug-likeness (QED) is 0.813. The molecule has 82 valence electrons. The highest BCUT2D eigenvalue weighted by molar-refractivity contribution is 7.10. The van der Waals surface area contributed by atoms with E-state index in [4.69, 9.17) is 0 Å². The molecule has 0 atom stereocenters. The number of hydrogen-bond acceptors (Lipinski definition) is 2. The van der Waals surface area contributed by atoms with Crippen LogP contribution in [0.1, 0.15) is 29.7 Å². The minimum Gasteiger partial charge on any atom is -0.335 e. The summed E-state index contributed by atoms with van der Waals surface area (Å²) < 4.78 is 0. The molecular formula is C11H16N2OS. The van der Waals surface area contributed by atoms with Crippen molar-refractivity contribution in [3.05, 3.63) is 21.9 Å². The van der Waals surface area contributed by atoms with Crippen molar-refractivity contribution in [1.82, 2.24) is 10.6 Å². The fourth-order valence-corrected chi connectivity index (χ4v) is 2.38. The van der Waals surface area contributed by atoms with E-state index in [1.54, 1.807) is 11.3 Å². The van der Waals surface area contributed by atoms with Crippen LogP contribution < -0.4 is 10.6 Å². The molecule has 2 amide bonds. The lowest BCUT2D eigenvalue weighted by Gasteiger charge is -2.26. The summed E-state index contributed by atoms with van der Waals surface area (Å²) in [6.45, 7) is 2.71. The summed E-state index contributed by atoms with van der Waals surface area (Å²) in [7, 11) is 0. The fraction of sp³-hybridized carbons (Fsp3) is 0.545. The minimum absolute atomic E-state index is 0.0347. The summed E-state index contributed by atoms with van der Waals surface area (Å²) in [4.78, 5) is 12.7. The zero-order valence-corrected chi connectivity index (χ0v) is 9.69. The first kappa shape index (κ1) is 10.5. The Morgan fingerprint density at radius 2 is 2.40 bits per heavy atom. The van der Waals surface area contributed by atoms with E-state index in [0.29, 0.717) is 12.6 Å². The maximum atomic E-state index is 11.4. The topological polar surface area (TPSA) is 41.1 Å². The summed E-state index contributed by atoms with van der Waals surface area (Å²) in [5, 5.41) is 7.89. The van der Waals surface area contributed by atoms with Gasteiger partial charge in [0.2, 0.25) is 0 Å². The molecule has 1 aromatic rings. The lowest BCUT2D eigenvalue weighted by atomic mass is 9.93. The predicted octanol–water partition coefficient (Wildman–Crippen LogP) is 2.41. The van der Waals surface area contributed by atoms with Crippen LogP contribution in [-0.2, 0) is 6.54 Å². The van der Waals surface area contributed by atoms with E-state index < -0.39 is 0 Å². The second-order valence-corrected chi connectivity index (χ2v) is 4.98. The standard InChI is InChI=1S/C11H16N2OS/c1-8-5-6-15-10(8)7-12-11(14)13-9-3-2-4-9/h5-6,9H,2-4,7H2,1H3,(H2,12,13,14).